The van der Waals surface area contributed by atoms with Gasteiger partial charge in [-0.25, -0.2) is 4.79 Å². The van der Waals surface area contributed by atoms with E-state index in [-0.39, 0.29) is 11.7 Å². The molecule has 1 atom stereocenters. The molecule has 0 saturated carbocycles. The summed E-state index contributed by atoms with van der Waals surface area (Å²) >= 11 is 0. The molecule has 1 unspecified atom stereocenters. The molecule has 1 aliphatic carbocycles. The van der Waals surface area contributed by atoms with Crippen LogP contribution < -0.4 is 5.32 Å². The lowest BCUT2D eigenvalue weighted by atomic mass is 9.88. The number of ether oxygens (including phenoxy) is 1. The number of oxazole rings is 1. The van der Waals surface area contributed by atoms with Crippen molar-refractivity contribution in [3.63, 3.8) is 0 Å². The molecule has 5 nitrogen and oxygen atoms in total. The summed E-state index contributed by atoms with van der Waals surface area (Å²) in [7, 11) is 0. The second kappa shape index (κ2) is 5.99. The summed E-state index contributed by atoms with van der Waals surface area (Å²) < 4.78 is 10.2. The number of nitrogens with one attached hydrogen (secondary N) is 1. The molecule has 0 radical (unpaired) electrons. The molecule has 1 aliphatic rings. The highest BCUT2D eigenvalue weighted by molar-refractivity contribution is 5.87. The maximum atomic E-state index is 11.6. The number of anilines is 1. The lowest BCUT2D eigenvalue weighted by Gasteiger charge is -2.25. The molecule has 0 saturated heterocycles. The van der Waals surface area contributed by atoms with E-state index in [0.717, 1.165) is 19.3 Å². The van der Waals surface area contributed by atoms with Crippen LogP contribution in [0, 0.1) is 0 Å². The van der Waals surface area contributed by atoms with E-state index in [2.05, 4.69) is 28.5 Å². The standard InChI is InChI=1S/C16H18N2O3/c1-2-20-15(19)14-10-21-16(18-14)17-13-9-5-7-11-6-3-4-8-12(11)13/h3-4,6,8,10,13H,2,5,7,9H2,1H3,(H,17,18). The number of carbonyl (C=O) groups excluding carboxylic acids is 1. The summed E-state index contributed by atoms with van der Waals surface area (Å²) in [6.45, 7) is 2.08. The van der Waals surface area contributed by atoms with Crippen molar-refractivity contribution in [1.82, 2.24) is 4.98 Å². The minimum Gasteiger partial charge on any atom is -0.461 e. The number of aryl methyl sites for hydroxylation is 1. The number of carbonyl (C=O) groups is 1. The van der Waals surface area contributed by atoms with E-state index in [1.807, 2.05) is 6.07 Å². The van der Waals surface area contributed by atoms with E-state index in [1.165, 1.54) is 17.4 Å². The summed E-state index contributed by atoms with van der Waals surface area (Å²) in [6.07, 6.45) is 4.58. The van der Waals surface area contributed by atoms with E-state index in [9.17, 15) is 4.79 Å². The molecule has 0 bridgehead atoms. The molecule has 3 rings (SSSR count). The summed E-state index contributed by atoms with van der Waals surface area (Å²) in [6, 6.07) is 8.91. The van der Waals surface area contributed by atoms with Gasteiger partial charge >= 0.3 is 5.97 Å². The molecule has 1 heterocycles. The first-order valence-electron chi connectivity index (χ1n) is 7.25. The van der Waals surface area contributed by atoms with Gasteiger partial charge in [-0.1, -0.05) is 24.3 Å². The molecule has 0 amide bonds. The van der Waals surface area contributed by atoms with Crippen LogP contribution in [0.5, 0.6) is 0 Å². The van der Waals surface area contributed by atoms with Gasteiger partial charge in [0.05, 0.1) is 12.6 Å². The first-order valence-corrected chi connectivity index (χ1v) is 7.25. The fourth-order valence-electron chi connectivity index (χ4n) is 2.69. The van der Waals surface area contributed by atoms with Crippen LogP contribution in [0.15, 0.2) is 34.9 Å². The Morgan fingerprint density at radius 3 is 3.19 bits per heavy atom. The van der Waals surface area contributed by atoms with E-state index in [4.69, 9.17) is 9.15 Å². The monoisotopic (exact) mass is 286 g/mol. The number of hydrogen-bond acceptors (Lipinski definition) is 5. The Balaban J connectivity index is 1.75. The fraction of sp³-hybridized carbons (Fsp3) is 0.375. The molecule has 0 aliphatic heterocycles. The van der Waals surface area contributed by atoms with Crippen LogP contribution in [-0.2, 0) is 11.2 Å². The van der Waals surface area contributed by atoms with Gasteiger partial charge in [0.25, 0.3) is 6.01 Å². The summed E-state index contributed by atoms with van der Waals surface area (Å²) in [5.74, 6) is -0.460. The zero-order chi connectivity index (χ0) is 14.7. The highest BCUT2D eigenvalue weighted by atomic mass is 16.5. The second-order valence-electron chi connectivity index (χ2n) is 5.05. The predicted molar refractivity (Wildman–Crippen MR) is 78.2 cm³/mol. The summed E-state index contributed by atoms with van der Waals surface area (Å²) in [5, 5.41) is 3.27. The first-order chi connectivity index (χ1) is 10.3. The first kappa shape index (κ1) is 13.7. The van der Waals surface area contributed by atoms with E-state index < -0.39 is 5.97 Å². The average molecular weight is 286 g/mol. The molecule has 0 spiro atoms. The van der Waals surface area contributed by atoms with Gasteiger partial charge < -0.3 is 14.5 Å². The van der Waals surface area contributed by atoms with Gasteiger partial charge in [0, 0.05) is 0 Å². The van der Waals surface area contributed by atoms with Gasteiger partial charge in [-0.3, -0.25) is 0 Å². The maximum absolute atomic E-state index is 11.6. The Bertz CT molecular complexity index is 636. The molecule has 2 aromatic rings. The summed E-state index contributed by atoms with van der Waals surface area (Å²) in [4.78, 5) is 15.7. The number of nitrogens with zero attached hydrogens (tertiary/aromatic N) is 1. The molecule has 0 fully saturated rings. The van der Waals surface area contributed by atoms with Gasteiger partial charge in [0.2, 0.25) is 0 Å². The summed E-state index contributed by atoms with van der Waals surface area (Å²) in [5.41, 5.74) is 2.83. The van der Waals surface area contributed by atoms with Crippen LogP contribution in [0.1, 0.15) is 47.4 Å². The van der Waals surface area contributed by atoms with Crippen LogP contribution in [0.3, 0.4) is 0 Å². The number of rotatable bonds is 4. The van der Waals surface area contributed by atoms with Crippen molar-refractivity contribution >= 4 is 12.0 Å². The number of esters is 1. The zero-order valence-electron chi connectivity index (χ0n) is 12.0. The number of hydrogen-bond donors (Lipinski definition) is 1. The van der Waals surface area contributed by atoms with Crippen LogP contribution in [0.2, 0.25) is 0 Å². The van der Waals surface area contributed by atoms with Crippen LogP contribution >= 0.6 is 0 Å². The molecule has 5 heteroatoms. The molecule has 1 aromatic heterocycles. The molecule has 1 N–H and O–H groups in total. The third-order valence-corrected chi connectivity index (χ3v) is 3.66. The van der Waals surface area contributed by atoms with E-state index in [1.54, 1.807) is 6.92 Å². The minimum absolute atomic E-state index is 0.170. The van der Waals surface area contributed by atoms with Gasteiger partial charge in [-0.2, -0.15) is 4.98 Å². The number of benzene rings is 1. The Labute approximate surface area is 123 Å². The molecule has 110 valence electrons. The largest absolute Gasteiger partial charge is 0.461 e. The van der Waals surface area contributed by atoms with Crippen molar-refractivity contribution in [3.8, 4) is 0 Å². The highest BCUT2D eigenvalue weighted by Crippen LogP contribution is 2.32. The Kier molecular flexibility index (Phi) is 3.90. The van der Waals surface area contributed by atoms with Crippen LogP contribution in [0.4, 0.5) is 6.01 Å². The maximum Gasteiger partial charge on any atom is 0.360 e. The Morgan fingerprint density at radius 2 is 2.33 bits per heavy atom. The quantitative estimate of drug-likeness (QED) is 0.873. The topological polar surface area (TPSA) is 64.4 Å². The number of fused-ring (bicyclic) bond motifs is 1. The zero-order valence-corrected chi connectivity index (χ0v) is 12.0. The van der Waals surface area contributed by atoms with Crippen molar-refractivity contribution in [2.75, 3.05) is 11.9 Å². The van der Waals surface area contributed by atoms with E-state index in [0.29, 0.717) is 12.6 Å². The molecular weight excluding hydrogens is 268 g/mol. The second-order valence-corrected chi connectivity index (χ2v) is 5.05. The molecule has 21 heavy (non-hydrogen) atoms. The Hall–Kier alpha value is -2.30. The van der Waals surface area contributed by atoms with Crippen molar-refractivity contribution in [2.45, 2.75) is 32.2 Å². The highest BCUT2D eigenvalue weighted by Gasteiger charge is 2.22. The third kappa shape index (κ3) is 2.91. The van der Waals surface area contributed by atoms with Gasteiger partial charge in [0.1, 0.15) is 6.26 Å². The van der Waals surface area contributed by atoms with Gasteiger partial charge in [-0.15, -0.1) is 0 Å². The van der Waals surface area contributed by atoms with Crippen molar-refractivity contribution in [3.05, 3.63) is 47.3 Å². The van der Waals surface area contributed by atoms with Gasteiger partial charge in [-0.05, 0) is 37.3 Å². The van der Waals surface area contributed by atoms with Crippen molar-refractivity contribution in [2.24, 2.45) is 0 Å². The SMILES string of the molecule is CCOC(=O)c1coc(NC2CCCc3ccccc32)n1. The third-order valence-electron chi connectivity index (χ3n) is 3.66. The predicted octanol–water partition coefficient (Wildman–Crippen LogP) is 3.34. The lowest BCUT2D eigenvalue weighted by molar-refractivity contribution is 0.0519. The lowest BCUT2D eigenvalue weighted by Crippen LogP contribution is -2.17. The molecule has 1 aromatic carbocycles. The Morgan fingerprint density at radius 1 is 1.48 bits per heavy atom. The normalized spacial score (nSPS) is 17.1. The fourth-order valence-corrected chi connectivity index (χ4v) is 2.69. The van der Waals surface area contributed by atoms with Crippen LogP contribution in [0.25, 0.3) is 0 Å². The van der Waals surface area contributed by atoms with E-state index >= 15 is 0 Å². The van der Waals surface area contributed by atoms with Gasteiger partial charge in [0.15, 0.2) is 5.69 Å². The van der Waals surface area contributed by atoms with Crippen molar-refractivity contribution in [1.29, 1.82) is 0 Å². The van der Waals surface area contributed by atoms with Crippen LogP contribution in [-0.4, -0.2) is 17.6 Å². The van der Waals surface area contributed by atoms with Crippen molar-refractivity contribution < 1.29 is 13.9 Å². The number of aromatic nitrogens is 1. The average Bonchev–Trinajstić information content (AvgIpc) is 2.97. The smallest absolute Gasteiger partial charge is 0.360 e. The molecular formula is C16H18N2O3. The minimum atomic E-state index is -0.460.